The van der Waals surface area contributed by atoms with E-state index in [2.05, 4.69) is 9.98 Å². The summed E-state index contributed by atoms with van der Waals surface area (Å²) < 4.78 is 0. The predicted octanol–water partition coefficient (Wildman–Crippen LogP) is -0.181. The highest BCUT2D eigenvalue weighted by Crippen LogP contribution is 2.10. The Morgan fingerprint density at radius 3 is 3.17 bits per heavy atom. The fraction of sp³-hybridized carbons (Fsp3) is 0.125. The van der Waals surface area contributed by atoms with Crippen LogP contribution in [0.4, 0.5) is 0 Å². The minimum absolute atomic E-state index is 0.116. The molecule has 0 aromatic carbocycles. The SMILES string of the molecule is NC1=CC2=NC(=O)C=NC2C=C1. The van der Waals surface area contributed by atoms with Crippen molar-refractivity contribution in [1.82, 2.24) is 0 Å². The molecule has 4 nitrogen and oxygen atoms in total. The second kappa shape index (κ2) is 2.41. The fourth-order valence-corrected chi connectivity index (χ4v) is 1.13. The smallest absolute Gasteiger partial charge is 0.288 e. The number of fused-ring (bicyclic) bond motifs is 1. The molecule has 0 aromatic heterocycles. The van der Waals surface area contributed by atoms with E-state index in [9.17, 15) is 4.79 Å². The number of allylic oxidation sites excluding steroid dienone is 1. The number of nitrogens with two attached hydrogens (primary N) is 1. The molecular weight excluding hydrogens is 154 g/mol. The summed E-state index contributed by atoms with van der Waals surface area (Å²) >= 11 is 0. The molecule has 1 amide bonds. The van der Waals surface area contributed by atoms with Crippen molar-refractivity contribution < 1.29 is 4.79 Å². The Labute approximate surface area is 69.2 Å². The second-order valence-corrected chi connectivity index (χ2v) is 2.60. The van der Waals surface area contributed by atoms with E-state index in [0.29, 0.717) is 11.4 Å². The lowest BCUT2D eigenvalue weighted by molar-refractivity contribution is -0.111. The van der Waals surface area contributed by atoms with E-state index in [-0.39, 0.29) is 11.9 Å². The highest BCUT2D eigenvalue weighted by molar-refractivity contribution is 6.32. The molecule has 4 heteroatoms. The Balaban J connectivity index is 2.40. The molecule has 2 rings (SSSR count). The molecule has 0 saturated heterocycles. The first-order valence-electron chi connectivity index (χ1n) is 3.57. The predicted molar refractivity (Wildman–Crippen MR) is 46.1 cm³/mol. The third-order valence-corrected chi connectivity index (χ3v) is 1.67. The molecular formula is C8H7N3O. The van der Waals surface area contributed by atoms with E-state index in [1.54, 1.807) is 12.2 Å². The van der Waals surface area contributed by atoms with Crippen molar-refractivity contribution >= 4 is 17.8 Å². The zero-order valence-corrected chi connectivity index (χ0v) is 6.27. The normalized spacial score (nSPS) is 26.3. The summed E-state index contributed by atoms with van der Waals surface area (Å²) in [5.41, 5.74) is 6.75. The van der Waals surface area contributed by atoms with Gasteiger partial charge in [0.1, 0.15) is 6.04 Å². The molecule has 1 heterocycles. The van der Waals surface area contributed by atoms with E-state index in [4.69, 9.17) is 5.73 Å². The molecule has 0 spiro atoms. The van der Waals surface area contributed by atoms with Gasteiger partial charge in [0.2, 0.25) is 0 Å². The first kappa shape index (κ1) is 6.97. The van der Waals surface area contributed by atoms with E-state index < -0.39 is 0 Å². The highest BCUT2D eigenvalue weighted by Gasteiger charge is 2.17. The van der Waals surface area contributed by atoms with Gasteiger partial charge >= 0.3 is 0 Å². The quantitative estimate of drug-likeness (QED) is 0.535. The molecule has 0 radical (unpaired) electrons. The molecule has 2 aliphatic rings. The number of hydrogen-bond donors (Lipinski definition) is 1. The number of carbonyl (C=O) groups excluding carboxylic acids is 1. The third-order valence-electron chi connectivity index (χ3n) is 1.67. The molecule has 1 atom stereocenters. The zero-order valence-electron chi connectivity index (χ0n) is 6.27. The lowest BCUT2D eigenvalue weighted by atomic mass is 10.0. The van der Waals surface area contributed by atoms with Gasteiger partial charge in [0.05, 0.1) is 11.9 Å². The second-order valence-electron chi connectivity index (χ2n) is 2.60. The van der Waals surface area contributed by atoms with Gasteiger partial charge in [-0.3, -0.25) is 9.79 Å². The molecule has 12 heavy (non-hydrogen) atoms. The number of amides is 1. The summed E-state index contributed by atoms with van der Waals surface area (Å²) in [4.78, 5) is 18.5. The molecule has 2 N–H and O–H groups in total. The number of carbonyl (C=O) groups is 1. The van der Waals surface area contributed by atoms with Crippen molar-refractivity contribution in [3.63, 3.8) is 0 Å². The van der Waals surface area contributed by atoms with Crippen LogP contribution in [0.5, 0.6) is 0 Å². The van der Waals surface area contributed by atoms with Gasteiger partial charge in [-0.05, 0) is 12.2 Å². The van der Waals surface area contributed by atoms with E-state index in [0.717, 1.165) is 0 Å². The van der Waals surface area contributed by atoms with Crippen LogP contribution in [0.3, 0.4) is 0 Å². The minimum atomic E-state index is -0.319. The van der Waals surface area contributed by atoms with Gasteiger partial charge in [-0.1, -0.05) is 6.08 Å². The zero-order chi connectivity index (χ0) is 8.55. The number of aliphatic imine (C=N–C) groups is 2. The van der Waals surface area contributed by atoms with Crippen molar-refractivity contribution in [1.29, 1.82) is 0 Å². The third kappa shape index (κ3) is 1.07. The fourth-order valence-electron chi connectivity index (χ4n) is 1.13. The van der Waals surface area contributed by atoms with Gasteiger partial charge in [0.25, 0.3) is 5.91 Å². The van der Waals surface area contributed by atoms with Gasteiger partial charge in [-0.15, -0.1) is 0 Å². The van der Waals surface area contributed by atoms with Crippen LogP contribution in [0.15, 0.2) is 33.9 Å². The Hall–Kier alpha value is -1.71. The van der Waals surface area contributed by atoms with Crippen LogP contribution in [0, 0.1) is 0 Å². The maximum Gasteiger partial charge on any atom is 0.288 e. The molecule has 1 aliphatic carbocycles. The minimum Gasteiger partial charge on any atom is -0.399 e. The molecule has 1 unspecified atom stereocenters. The van der Waals surface area contributed by atoms with Crippen LogP contribution in [-0.2, 0) is 4.79 Å². The van der Waals surface area contributed by atoms with E-state index >= 15 is 0 Å². The van der Waals surface area contributed by atoms with E-state index in [1.165, 1.54) is 6.21 Å². The number of nitrogens with zero attached hydrogens (tertiary/aromatic N) is 2. The molecule has 0 bridgehead atoms. The molecule has 0 fully saturated rings. The summed E-state index contributed by atoms with van der Waals surface area (Å²) in [6.07, 6.45) is 6.47. The Bertz CT molecular complexity index is 349. The van der Waals surface area contributed by atoms with Crippen molar-refractivity contribution in [2.75, 3.05) is 0 Å². The summed E-state index contributed by atoms with van der Waals surface area (Å²) in [7, 11) is 0. The Kier molecular flexibility index (Phi) is 1.40. The van der Waals surface area contributed by atoms with Crippen molar-refractivity contribution in [2.24, 2.45) is 15.7 Å². The first-order chi connectivity index (χ1) is 5.75. The van der Waals surface area contributed by atoms with Crippen LogP contribution in [0.25, 0.3) is 0 Å². The largest absolute Gasteiger partial charge is 0.399 e. The van der Waals surface area contributed by atoms with Crippen molar-refractivity contribution in [3.8, 4) is 0 Å². The summed E-state index contributed by atoms with van der Waals surface area (Å²) in [6.45, 7) is 0. The van der Waals surface area contributed by atoms with Gasteiger partial charge in [-0.2, -0.15) is 0 Å². The summed E-state index contributed by atoms with van der Waals surface area (Å²) in [6, 6.07) is -0.116. The lowest BCUT2D eigenvalue weighted by Gasteiger charge is -2.14. The van der Waals surface area contributed by atoms with Crippen molar-refractivity contribution in [2.45, 2.75) is 6.04 Å². The van der Waals surface area contributed by atoms with Gasteiger partial charge < -0.3 is 5.73 Å². The maximum absolute atomic E-state index is 10.8. The monoisotopic (exact) mass is 161 g/mol. The standard InChI is InChI=1S/C8H7N3O/c9-5-1-2-6-7(3-5)11-8(12)4-10-6/h1-4,6H,9H2. The number of rotatable bonds is 0. The highest BCUT2D eigenvalue weighted by atomic mass is 16.1. The van der Waals surface area contributed by atoms with Crippen LogP contribution in [-0.4, -0.2) is 23.9 Å². The average molecular weight is 161 g/mol. The van der Waals surface area contributed by atoms with Crippen LogP contribution >= 0.6 is 0 Å². The number of hydrogen-bond acceptors (Lipinski definition) is 3. The van der Waals surface area contributed by atoms with Crippen LogP contribution in [0.1, 0.15) is 0 Å². The first-order valence-corrected chi connectivity index (χ1v) is 3.57. The van der Waals surface area contributed by atoms with Crippen LogP contribution < -0.4 is 5.73 Å². The van der Waals surface area contributed by atoms with Gasteiger partial charge in [0, 0.05) is 5.70 Å². The Morgan fingerprint density at radius 1 is 1.50 bits per heavy atom. The van der Waals surface area contributed by atoms with Crippen molar-refractivity contribution in [3.05, 3.63) is 23.9 Å². The van der Waals surface area contributed by atoms with E-state index in [1.807, 2.05) is 6.08 Å². The van der Waals surface area contributed by atoms with Gasteiger partial charge in [0.15, 0.2) is 0 Å². The van der Waals surface area contributed by atoms with Gasteiger partial charge in [-0.25, -0.2) is 4.99 Å². The van der Waals surface area contributed by atoms with Crippen LogP contribution in [0.2, 0.25) is 0 Å². The molecule has 0 saturated carbocycles. The Morgan fingerprint density at radius 2 is 2.33 bits per heavy atom. The lowest BCUT2D eigenvalue weighted by Crippen LogP contribution is -2.25. The average Bonchev–Trinajstić information content (AvgIpc) is 2.03. The molecule has 60 valence electrons. The summed E-state index contributed by atoms with van der Waals surface area (Å²) in [5, 5.41) is 0. The summed E-state index contributed by atoms with van der Waals surface area (Å²) in [5.74, 6) is -0.319. The molecule has 0 aromatic rings. The molecule has 1 aliphatic heterocycles. The maximum atomic E-state index is 10.8. The topological polar surface area (TPSA) is 67.8 Å².